The summed E-state index contributed by atoms with van der Waals surface area (Å²) in [5, 5.41) is 2.35. The molecular weight excluding hydrogens is 402 g/mol. The van der Waals surface area contributed by atoms with E-state index in [2.05, 4.69) is 5.32 Å². The molecule has 154 valence electrons. The van der Waals surface area contributed by atoms with E-state index in [1.165, 1.54) is 25.1 Å². The topological polar surface area (TPSA) is 83.6 Å². The average Bonchev–Trinajstić information content (AvgIpc) is 2.98. The highest BCUT2D eigenvalue weighted by molar-refractivity contribution is 7.91. The van der Waals surface area contributed by atoms with Gasteiger partial charge in [0.05, 0.1) is 10.6 Å². The zero-order chi connectivity index (χ0) is 21.3. The Morgan fingerprint density at radius 1 is 1.14 bits per heavy atom. The minimum Gasteiger partial charge on any atom is -0.326 e. The number of carbonyl (C=O) groups is 2. The number of nitrogens with one attached hydrogen (secondary N) is 1. The van der Waals surface area contributed by atoms with E-state index in [0.29, 0.717) is 12.1 Å². The SMILES string of the molecule is CC(=O)N1c2ccc(S(=O)(=O)CCC(=O)Nc3ccc(F)c(F)c3)cc2C[C@@H]1C. The third-order valence-electron chi connectivity index (χ3n) is 4.77. The van der Waals surface area contributed by atoms with Crippen LogP contribution >= 0.6 is 0 Å². The first kappa shape index (κ1) is 20.9. The molecule has 0 aromatic heterocycles. The smallest absolute Gasteiger partial charge is 0.225 e. The van der Waals surface area contributed by atoms with Crippen molar-refractivity contribution in [3.05, 3.63) is 53.6 Å². The maximum Gasteiger partial charge on any atom is 0.225 e. The van der Waals surface area contributed by atoms with Gasteiger partial charge in [-0.3, -0.25) is 9.59 Å². The lowest BCUT2D eigenvalue weighted by Crippen LogP contribution is -2.33. The fraction of sp³-hybridized carbons (Fsp3) is 0.300. The number of halogens is 2. The van der Waals surface area contributed by atoms with E-state index < -0.39 is 33.1 Å². The fourth-order valence-corrected chi connectivity index (χ4v) is 4.71. The molecule has 1 aliphatic rings. The zero-order valence-corrected chi connectivity index (χ0v) is 16.7. The van der Waals surface area contributed by atoms with Gasteiger partial charge >= 0.3 is 0 Å². The highest BCUT2D eigenvalue weighted by Gasteiger charge is 2.30. The summed E-state index contributed by atoms with van der Waals surface area (Å²) >= 11 is 0. The second-order valence-electron chi connectivity index (χ2n) is 6.98. The van der Waals surface area contributed by atoms with Crippen LogP contribution in [0.3, 0.4) is 0 Å². The number of hydrogen-bond acceptors (Lipinski definition) is 4. The molecule has 9 heteroatoms. The van der Waals surface area contributed by atoms with Crippen LogP contribution in [0.1, 0.15) is 25.8 Å². The lowest BCUT2D eigenvalue weighted by Gasteiger charge is -2.20. The standard InChI is InChI=1S/C20H20F2N2O4S/c1-12-9-14-10-16(4-6-19(14)24(12)13(2)25)29(27,28)8-7-20(26)23-15-3-5-17(21)18(22)11-15/h3-6,10-12H,7-9H2,1-2H3,(H,23,26)/t12-/m0/s1. The van der Waals surface area contributed by atoms with Crippen LogP contribution in [-0.4, -0.2) is 32.0 Å². The summed E-state index contributed by atoms with van der Waals surface area (Å²) in [5.41, 5.74) is 1.50. The van der Waals surface area contributed by atoms with Crippen molar-refractivity contribution in [2.24, 2.45) is 0 Å². The number of anilines is 2. The first-order valence-corrected chi connectivity index (χ1v) is 10.6. The molecule has 0 fully saturated rings. The highest BCUT2D eigenvalue weighted by atomic mass is 32.2. The first-order valence-electron chi connectivity index (χ1n) is 8.99. The molecule has 3 rings (SSSR count). The van der Waals surface area contributed by atoms with Crippen molar-refractivity contribution in [3.8, 4) is 0 Å². The molecule has 1 N–H and O–H groups in total. The van der Waals surface area contributed by atoms with Crippen molar-refractivity contribution in [1.82, 2.24) is 0 Å². The Bertz CT molecular complexity index is 1090. The van der Waals surface area contributed by atoms with Crippen LogP contribution in [-0.2, 0) is 25.8 Å². The van der Waals surface area contributed by atoms with Crippen LogP contribution in [0.15, 0.2) is 41.3 Å². The van der Waals surface area contributed by atoms with Gasteiger partial charge in [0.1, 0.15) is 0 Å². The van der Waals surface area contributed by atoms with E-state index in [0.717, 1.165) is 17.7 Å². The van der Waals surface area contributed by atoms with Crippen LogP contribution in [0.2, 0.25) is 0 Å². The lowest BCUT2D eigenvalue weighted by molar-refractivity contribution is -0.117. The summed E-state index contributed by atoms with van der Waals surface area (Å²) in [4.78, 5) is 25.5. The molecular formula is C20H20F2N2O4S. The second-order valence-corrected chi connectivity index (χ2v) is 9.09. The van der Waals surface area contributed by atoms with Gasteiger partial charge in [-0.1, -0.05) is 0 Å². The van der Waals surface area contributed by atoms with Crippen molar-refractivity contribution in [1.29, 1.82) is 0 Å². The summed E-state index contributed by atoms with van der Waals surface area (Å²) in [5.74, 6) is -3.33. The molecule has 29 heavy (non-hydrogen) atoms. The van der Waals surface area contributed by atoms with E-state index in [4.69, 9.17) is 0 Å². The van der Waals surface area contributed by atoms with Gasteiger partial charge in [0, 0.05) is 36.8 Å². The molecule has 1 atom stereocenters. The van der Waals surface area contributed by atoms with E-state index >= 15 is 0 Å². The molecule has 0 unspecified atom stereocenters. The Labute approximate surface area is 167 Å². The number of rotatable bonds is 5. The van der Waals surface area contributed by atoms with Crippen molar-refractivity contribution in [2.45, 2.75) is 37.6 Å². The predicted molar refractivity (Wildman–Crippen MR) is 104 cm³/mol. The van der Waals surface area contributed by atoms with Gasteiger partial charge in [0.15, 0.2) is 21.5 Å². The van der Waals surface area contributed by atoms with E-state index in [1.807, 2.05) is 6.92 Å². The number of fused-ring (bicyclic) bond motifs is 1. The van der Waals surface area contributed by atoms with Gasteiger partial charge in [-0.25, -0.2) is 17.2 Å². The van der Waals surface area contributed by atoms with Crippen LogP contribution in [0, 0.1) is 11.6 Å². The normalized spacial score (nSPS) is 15.9. The zero-order valence-electron chi connectivity index (χ0n) is 15.9. The van der Waals surface area contributed by atoms with Gasteiger partial charge in [-0.15, -0.1) is 0 Å². The molecule has 0 saturated heterocycles. The van der Waals surface area contributed by atoms with Crippen molar-refractivity contribution >= 4 is 33.0 Å². The predicted octanol–water partition coefficient (Wildman–Crippen LogP) is 3.06. The van der Waals surface area contributed by atoms with Crippen molar-refractivity contribution in [3.63, 3.8) is 0 Å². The number of nitrogens with zero attached hydrogens (tertiary/aromatic N) is 1. The third-order valence-corrected chi connectivity index (χ3v) is 6.48. The van der Waals surface area contributed by atoms with Crippen LogP contribution < -0.4 is 10.2 Å². The third kappa shape index (κ3) is 4.45. The Hall–Kier alpha value is -2.81. The molecule has 2 aromatic carbocycles. The van der Waals surface area contributed by atoms with Crippen LogP contribution in [0.5, 0.6) is 0 Å². The molecule has 1 heterocycles. The highest BCUT2D eigenvalue weighted by Crippen LogP contribution is 2.34. The second kappa shape index (κ2) is 7.90. The minimum absolute atomic E-state index is 0.0436. The Morgan fingerprint density at radius 3 is 2.52 bits per heavy atom. The van der Waals surface area contributed by atoms with Gasteiger partial charge in [0.25, 0.3) is 0 Å². The largest absolute Gasteiger partial charge is 0.326 e. The molecule has 0 saturated carbocycles. The van der Waals surface area contributed by atoms with Gasteiger partial charge in [-0.2, -0.15) is 0 Å². The van der Waals surface area contributed by atoms with E-state index in [9.17, 15) is 26.8 Å². The van der Waals surface area contributed by atoms with E-state index in [1.54, 1.807) is 11.0 Å². The monoisotopic (exact) mass is 422 g/mol. The molecule has 2 aromatic rings. The molecule has 0 spiro atoms. The van der Waals surface area contributed by atoms with Crippen molar-refractivity contribution < 1.29 is 26.8 Å². The lowest BCUT2D eigenvalue weighted by atomic mass is 10.1. The molecule has 0 bridgehead atoms. The first-order chi connectivity index (χ1) is 13.6. The molecule has 0 aliphatic carbocycles. The fourth-order valence-electron chi connectivity index (χ4n) is 3.42. The van der Waals surface area contributed by atoms with Gasteiger partial charge in [0.2, 0.25) is 11.8 Å². The number of amides is 2. The number of benzene rings is 2. The summed E-state index contributed by atoms with van der Waals surface area (Å²) in [6.07, 6.45) is 0.212. The quantitative estimate of drug-likeness (QED) is 0.803. The van der Waals surface area contributed by atoms with E-state index in [-0.39, 0.29) is 29.0 Å². The van der Waals surface area contributed by atoms with Gasteiger partial charge in [-0.05, 0) is 49.2 Å². The number of sulfone groups is 1. The Balaban J connectivity index is 1.68. The van der Waals surface area contributed by atoms with Crippen LogP contribution in [0.4, 0.5) is 20.2 Å². The molecule has 1 aliphatic heterocycles. The minimum atomic E-state index is -3.74. The Morgan fingerprint density at radius 2 is 1.86 bits per heavy atom. The maximum absolute atomic E-state index is 13.2. The maximum atomic E-state index is 13.2. The Kier molecular flexibility index (Phi) is 5.70. The molecule has 2 amide bonds. The average molecular weight is 422 g/mol. The summed E-state index contributed by atoms with van der Waals surface area (Å²) in [6, 6.07) is 7.40. The molecule has 0 radical (unpaired) electrons. The molecule has 6 nitrogen and oxygen atoms in total. The van der Waals surface area contributed by atoms with Crippen LogP contribution in [0.25, 0.3) is 0 Å². The number of hydrogen-bond donors (Lipinski definition) is 1. The van der Waals surface area contributed by atoms with Gasteiger partial charge < -0.3 is 10.2 Å². The summed E-state index contributed by atoms with van der Waals surface area (Å²) < 4.78 is 51.3. The number of carbonyl (C=O) groups excluding carboxylic acids is 2. The summed E-state index contributed by atoms with van der Waals surface area (Å²) in [7, 11) is -3.74. The summed E-state index contributed by atoms with van der Waals surface area (Å²) in [6.45, 7) is 3.35. The van der Waals surface area contributed by atoms with Crippen molar-refractivity contribution in [2.75, 3.05) is 16.0 Å².